The number of likely N-dealkylation sites (tertiary alicyclic amines) is 2. The summed E-state index contributed by atoms with van der Waals surface area (Å²) >= 11 is 0. The monoisotopic (exact) mass is 1790 g/mol. The van der Waals surface area contributed by atoms with Gasteiger partial charge in [-0.1, -0.05) is 32.6 Å². The van der Waals surface area contributed by atoms with E-state index in [0.29, 0.717) is 67.8 Å². The highest BCUT2D eigenvalue weighted by atomic mass is 19.1. The van der Waals surface area contributed by atoms with E-state index in [9.17, 15) is 4.39 Å². The fraction of sp³-hybridized carbons (Fsp3) is 0.943. The fourth-order valence-corrected chi connectivity index (χ4v) is 16.9. The number of nitrogens with one attached hydrogen (secondary N) is 4. The third-order valence-corrected chi connectivity index (χ3v) is 26.0. The Balaban J connectivity index is 0.000000368. The van der Waals surface area contributed by atoms with E-state index in [0.717, 1.165) is 160 Å². The third kappa shape index (κ3) is 59.7. The summed E-state index contributed by atoms with van der Waals surface area (Å²) in [6, 6.07) is 0.512. The van der Waals surface area contributed by atoms with Crippen LogP contribution in [0, 0.1) is 64.1 Å². The summed E-state index contributed by atoms with van der Waals surface area (Å²) in [6.45, 7) is 88.0. The summed E-state index contributed by atoms with van der Waals surface area (Å²) in [6.07, 6.45) is 35.8. The van der Waals surface area contributed by atoms with Crippen molar-refractivity contribution in [3.8, 4) is 12.3 Å². The molecule has 0 bridgehead atoms. The minimum absolute atomic E-state index is 0.145. The van der Waals surface area contributed by atoms with Crippen molar-refractivity contribution in [1.29, 1.82) is 0 Å². The zero-order valence-corrected chi connectivity index (χ0v) is 87.8. The molecule has 744 valence electrons. The predicted molar refractivity (Wildman–Crippen MR) is 529 cm³/mol. The Morgan fingerprint density at radius 2 is 0.944 bits per heavy atom. The zero-order valence-electron chi connectivity index (χ0n) is 87.8. The van der Waals surface area contributed by atoms with E-state index in [4.69, 9.17) is 58.5 Å². The van der Waals surface area contributed by atoms with Gasteiger partial charge in [-0.2, -0.15) is 0 Å². The topological polar surface area (TPSA) is 163 Å². The molecule has 4 unspecified atom stereocenters. The summed E-state index contributed by atoms with van der Waals surface area (Å²) in [5.74, 6) is 7.89. The van der Waals surface area contributed by atoms with Crippen molar-refractivity contribution in [2.75, 3.05) is 192 Å². The molecule has 0 radical (unpaired) electrons. The largest absolute Gasteiger partial charge is 0.381 e. The van der Waals surface area contributed by atoms with Crippen LogP contribution in [0.15, 0.2) is 24.4 Å². The second-order valence-electron chi connectivity index (χ2n) is 47.2. The van der Waals surface area contributed by atoms with E-state index in [2.05, 4.69) is 226 Å². The van der Waals surface area contributed by atoms with Crippen LogP contribution in [0.25, 0.3) is 0 Å². The van der Waals surface area contributed by atoms with E-state index in [1.807, 2.05) is 34.6 Å². The number of hydrogen-bond donors (Lipinski definition) is 4. The van der Waals surface area contributed by atoms with Crippen molar-refractivity contribution in [3.05, 3.63) is 24.4 Å². The first kappa shape index (κ1) is 118. The van der Waals surface area contributed by atoms with Crippen molar-refractivity contribution in [3.63, 3.8) is 0 Å². The van der Waals surface area contributed by atoms with Crippen molar-refractivity contribution < 1.29 is 56.5 Å². The van der Waals surface area contributed by atoms with Gasteiger partial charge < -0.3 is 88.1 Å². The molecule has 4 N–H and O–H groups in total. The standard InChI is InChI=1S/C14H26FNO2.C14H29N3O.C14H25N.C13H25NO.C13H27N.C11H20O.C10H21NO.C9H18O2.C8H16O3/c1-13(2,3)18-11-14(15)5-7-16(8-6-14)12-4-9-17-10-12;1-12(10-16(5)6)17-7-8-18-13(11-17)9-15-14(2,3)4;1-6-14(5)9-7-12(8-10-14)11-15-13(2,3)4;1-12(2,3)14-8-11-4-6-13(7-5-11)9-15-10-13;1-12(2,3)14-10-11-6-8-13(4,5)9-7-11;1-9(2)12-8-11-6-4-5-10(3)7-11;1-9(2)12-8-10-4-6-11(3)7-5-10;1-8(2)11-7-9-3-5-10-6-4-9;1-7(2)11-6-8-5-9-3-4-10-8/h12H,4-11H2,1-3H3;13,15H,1,7-11H2,2-6H3;1,12,15H,7-11H2,2-5H3;11,14H,4-10H2,1-3H3;11,14H,6-10H2,1-5H3;9,11H,3-8H2,1-2H3;9-10H,4-8H2,1-3H3;8-9H,3-7H2,1-2H3;7-8H,3-6H2,1-2H3. The van der Waals surface area contributed by atoms with Gasteiger partial charge in [0.25, 0.3) is 0 Å². The van der Waals surface area contributed by atoms with Crippen LogP contribution in [0.4, 0.5) is 4.39 Å². The second kappa shape index (κ2) is 60.5. The number of halogens is 1. The molecule has 4 saturated carbocycles. The Morgan fingerprint density at radius 3 is 1.37 bits per heavy atom. The van der Waals surface area contributed by atoms with Crippen LogP contribution in [-0.2, 0) is 52.1 Å². The number of hydrogen-bond acceptors (Lipinski definition) is 19. The van der Waals surface area contributed by atoms with Crippen molar-refractivity contribution in [1.82, 2.24) is 40.9 Å². The maximum Gasteiger partial charge on any atom is 0.136 e. The molecule has 0 aromatic carbocycles. The maximum atomic E-state index is 14.6. The molecule has 4 aliphatic carbocycles. The van der Waals surface area contributed by atoms with Crippen molar-refractivity contribution in [2.45, 2.75) is 404 Å². The summed E-state index contributed by atoms with van der Waals surface area (Å²) in [4.78, 5) is 9.27. The van der Waals surface area contributed by atoms with Gasteiger partial charge in [-0.25, -0.2) is 4.39 Å². The van der Waals surface area contributed by atoms with Crippen LogP contribution in [0.3, 0.4) is 0 Å². The molecule has 4 atom stereocenters. The molecule has 11 fully saturated rings. The number of morpholine rings is 1. The summed E-state index contributed by atoms with van der Waals surface area (Å²) in [5.41, 5.74) is 3.55. The molecule has 11 aliphatic rings. The third-order valence-electron chi connectivity index (χ3n) is 26.0. The number of likely N-dealkylation sites (N-methyl/N-ethyl adjacent to an activating group) is 1. The number of terminal acetylenes is 1. The van der Waals surface area contributed by atoms with Crippen LogP contribution in [0.5, 0.6) is 0 Å². The lowest BCUT2D eigenvalue weighted by Crippen LogP contribution is -2.50. The lowest BCUT2D eigenvalue weighted by molar-refractivity contribution is -0.136. The minimum Gasteiger partial charge on any atom is -0.381 e. The van der Waals surface area contributed by atoms with Crippen LogP contribution in [-0.4, -0.2) is 288 Å². The molecule has 126 heavy (non-hydrogen) atoms. The van der Waals surface area contributed by atoms with Gasteiger partial charge in [0.1, 0.15) is 11.8 Å². The average molecular weight is 1790 g/mol. The first-order chi connectivity index (χ1) is 58.7. The molecule has 0 aromatic rings. The lowest BCUT2D eigenvalue weighted by Gasteiger charge is -2.46. The zero-order chi connectivity index (χ0) is 94.4. The van der Waals surface area contributed by atoms with Crippen LogP contribution < -0.4 is 21.3 Å². The first-order valence-corrected chi connectivity index (χ1v) is 50.7. The maximum absolute atomic E-state index is 14.6. The normalized spacial score (nSPS) is 25.5. The second-order valence-corrected chi connectivity index (χ2v) is 47.2. The SMILES string of the molecule is C#CC1(C)CCC(CNC(C)(C)C)CC1.C=C(CN(C)C)N1CCOC(CNC(C)(C)C)C1.C=C1CCCC(COC(C)C)C1.CC(C)(C)NCC1CCC2(CC1)COC2.CC(C)(C)OCC1(F)CCN(C2CCOC2)CC1.CC(C)OCC1CCN(C)CC1.CC(C)OCC1CCOCC1.CC(C)OCC1COCCO1.CC1(C)CCC(CNC(C)(C)C)CC1. The molecule has 0 amide bonds. The Kier molecular flexibility index (Phi) is 56.8. The number of rotatable bonds is 26. The highest BCUT2D eigenvalue weighted by Gasteiger charge is 2.42. The molecular weight excluding hydrogens is 1580 g/mol. The molecular formula is C106H207FN8O11. The van der Waals surface area contributed by atoms with Gasteiger partial charge in [0.2, 0.25) is 0 Å². The van der Waals surface area contributed by atoms with Gasteiger partial charge >= 0.3 is 0 Å². The number of piperidine rings is 2. The Labute approximate surface area is 777 Å². The molecule has 19 nitrogen and oxygen atoms in total. The average Bonchev–Trinajstić information content (AvgIpc) is 0.902. The Morgan fingerprint density at radius 1 is 0.500 bits per heavy atom. The van der Waals surface area contributed by atoms with Crippen molar-refractivity contribution in [2.24, 2.45) is 51.8 Å². The molecule has 7 heterocycles. The Hall–Kier alpha value is -1.95. The van der Waals surface area contributed by atoms with Gasteiger partial charge in [0.15, 0.2) is 0 Å². The smallest absolute Gasteiger partial charge is 0.136 e. The number of alkyl halides is 1. The van der Waals surface area contributed by atoms with Crippen LogP contribution in [0.1, 0.15) is 328 Å². The highest BCUT2D eigenvalue weighted by Crippen LogP contribution is 2.45. The summed E-state index contributed by atoms with van der Waals surface area (Å²) < 4.78 is 74.7. The van der Waals surface area contributed by atoms with E-state index in [1.54, 1.807) is 0 Å². The Bertz CT molecular complexity index is 2750. The summed E-state index contributed by atoms with van der Waals surface area (Å²) in [7, 11) is 6.34. The van der Waals surface area contributed by atoms with Gasteiger partial charge in [-0.3, -0.25) is 4.90 Å². The van der Waals surface area contributed by atoms with E-state index in [-0.39, 0.29) is 58.1 Å². The first-order valence-electron chi connectivity index (χ1n) is 50.7. The predicted octanol–water partition coefficient (Wildman–Crippen LogP) is 20.5. The van der Waals surface area contributed by atoms with E-state index in [1.165, 1.54) is 166 Å². The molecule has 0 aromatic heterocycles. The summed E-state index contributed by atoms with van der Waals surface area (Å²) in [5, 5.41) is 14.3. The number of ether oxygens (including phenoxy) is 11. The van der Waals surface area contributed by atoms with E-state index < -0.39 is 5.67 Å². The van der Waals surface area contributed by atoms with Crippen LogP contribution >= 0.6 is 0 Å². The highest BCUT2D eigenvalue weighted by molar-refractivity contribution is 5.06. The molecule has 7 aliphatic heterocycles. The van der Waals surface area contributed by atoms with Crippen molar-refractivity contribution >= 4 is 0 Å². The lowest BCUT2D eigenvalue weighted by atomic mass is 9.69. The fourth-order valence-electron chi connectivity index (χ4n) is 16.9. The van der Waals surface area contributed by atoms with E-state index >= 15 is 0 Å². The molecule has 7 saturated heterocycles. The molecule has 1 spiro atoms. The minimum atomic E-state index is -1.14. The van der Waals surface area contributed by atoms with Gasteiger partial charge in [-0.15, -0.1) is 12.3 Å². The van der Waals surface area contributed by atoms with Gasteiger partial charge in [0, 0.05) is 117 Å². The quantitative estimate of drug-likeness (QED) is 0.0477. The number of allylic oxidation sites excluding steroid dienone is 1. The molecule has 20 heteroatoms. The van der Waals surface area contributed by atoms with Gasteiger partial charge in [-0.05, 0) is 409 Å². The van der Waals surface area contributed by atoms with Crippen LogP contribution in [0.2, 0.25) is 0 Å². The molecule has 11 rings (SSSR count). The number of nitrogens with zero attached hydrogens (tertiary/aromatic N) is 4. The van der Waals surface area contributed by atoms with Gasteiger partial charge in [0.05, 0.1) is 102 Å².